The number of benzene rings is 1. The minimum atomic E-state index is 0.188. The van der Waals surface area contributed by atoms with Gasteiger partial charge in [-0.25, -0.2) is 4.98 Å². The van der Waals surface area contributed by atoms with Crippen LogP contribution in [0.2, 0.25) is 0 Å². The molecule has 3 heteroatoms. The van der Waals surface area contributed by atoms with Gasteiger partial charge in [-0.2, -0.15) is 0 Å². The maximum atomic E-state index is 8.69. The molecule has 0 radical (unpaired) electrons. The average Bonchev–Trinajstić information content (AvgIpc) is 2.76. The molecule has 2 rings (SSSR count). The van der Waals surface area contributed by atoms with Crippen LogP contribution in [0.1, 0.15) is 12.1 Å². The molecule has 1 aromatic heterocycles. The van der Waals surface area contributed by atoms with Crippen LogP contribution in [-0.2, 0) is 6.42 Å². The van der Waals surface area contributed by atoms with Crippen LogP contribution in [-0.4, -0.2) is 16.7 Å². The van der Waals surface area contributed by atoms with Crippen LogP contribution < -0.4 is 0 Å². The Bertz CT molecular complexity index is 409. The van der Waals surface area contributed by atoms with Crippen LogP contribution >= 0.6 is 0 Å². The smallest absolute Gasteiger partial charge is 0.226 e. The highest BCUT2D eigenvalue weighted by Crippen LogP contribution is 2.18. The molecule has 0 atom stereocenters. The first-order valence-electron chi connectivity index (χ1n) is 5.01. The Kier molecular flexibility index (Phi) is 3.15. The van der Waals surface area contributed by atoms with Gasteiger partial charge < -0.3 is 9.52 Å². The molecule has 0 fully saturated rings. The van der Waals surface area contributed by atoms with Gasteiger partial charge in [0, 0.05) is 12.2 Å². The highest BCUT2D eigenvalue weighted by molar-refractivity contribution is 5.52. The van der Waals surface area contributed by atoms with Crippen LogP contribution in [0.4, 0.5) is 0 Å². The van der Waals surface area contributed by atoms with Crippen molar-refractivity contribution in [3.8, 4) is 11.5 Å². The molecule has 3 nitrogen and oxygen atoms in total. The molecule has 0 aliphatic heterocycles. The summed E-state index contributed by atoms with van der Waals surface area (Å²) in [7, 11) is 0. The molecular formula is C12H13NO2. The lowest BCUT2D eigenvalue weighted by atomic mass is 10.2. The highest BCUT2D eigenvalue weighted by atomic mass is 16.3. The van der Waals surface area contributed by atoms with E-state index in [1.807, 2.05) is 30.3 Å². The third-order valence-electron chi connectivity index (χ3n) is 2.16. The lowest BCUT2D eigenvalue weighted by molar-refractivity contribution is 0.288. The zero-order valence-corrected chi connectivity index (χ0v) is 8.39. The summed E-state index contributed by atoms with van der Waals surface area (Å²) in [5.74, 6) is 0.642. The second-order valence-corrected chi connectivity index (χ2v) is 3.34. The van der Waals surface area contributed by atoms with Crippen molar-refractivity contribution in [2.24, 2.45) is 0 Å². The normalized spacial score (nSPS) is 10.5. The summed E-state index contributed by atoms with van der Waals surface area (Å²) in [4.78, 5) is 4.34. The van der Waals surface area contributed by atoms with Crippen LogP contribution in [0.5, 0.6) is 0 Å². The molecule has 0 aliphatic rings. The monoisotopic (exact) mass is 203 g/mol. The van der Waals surface area contributed by atoms with Crippen molar-refractivity contribution >= 4 is 0 Å². The van der Waals surface area contributed by atoms with E-state index in [4.69, 9.17) is 9.52 Å². The minimum absolute atomic E-state index is 0.188. The van der Waals surface area contributed by atoms with E-state index in [1.54, 1.807) is 6.26 Å². The third-order valence-corrected chi connectivity index (χ3v) is 2.16. The van der Waals surface area contributed by atoms with Crippen LogP contribution in [0.25, 0.3) is 11.5 Å². The SMILES string of the molecule is OCCCc1coc(-c2ccccc2)n1. The van der Waals surface area contributed by atoms with Crippen molar-refractivity contribution in [3.63, 3.8) is 0 Å². The predicted octanol–water partition coefficient (Wildman–Crippen LogP) is 2.27. The number of oxazole rings is 1. The van der Waals surface area contributed by atoms with Crippen LogP contribution in [0, 0.1) is 0 Å². The molecular weight excluding hydrogens is 190 g/mol. The summed E-state index contributed by atoms with van der Waals surface area (Å²) in [6.07, 6.45) is 3.13. The molecule has 0 spiro atoms. The first kappa shape index (κ1) is 9.93. The van der Waals surface area contributed by atoms with Crippen molar-refractivity contribution in [1.82, 2.24) is 4.98 Å². The summed E-state index contributed by atoms with van der Waals surface area (Å²) in [6.45, 7) is 0.188. The van der Waals surface area contributed by atoms with Gasteiger partial charge in [-0.3, -0.25) is 0 Å². The summed E-state index contributed by atoms with van der Waals surface area (Å²) in [6, 6.07) is 9.78. The molecule has 0 aliphatic carbocycles. The Morgan fingerprint density at radius 2 is 2.00 bits per heavy atom. The zero-order chi connectivity index (χ0) is 10.5. The second kappa shape index (κ2) is 4.75. The number of nitrogens with zero attached hydrogens (tertiary/aromatic N) is 1. The largest absolute Gasteiger partial charge is 0.444 e. The summed E-state index contributed by atoms with van der Waals surface area (Å²) in [5.41, 5.74) is 1.87. The maximum absolute atomic E-state index is 8.69. The van der Waals surface area contributed by atoms with Crippen molar-refractivity contribution in [2.45, 2.75) is 12.8 Å². The van der Waals surface area contributed by atoms with E-state index in [9.17, 15) is 0 Å². The van der Waals surface area contributed by atoms with E-state index in [0.29, 0.717) is 5.89 Å². The van der Waals surface area contributed by atoms with Gasteiger partial charge in [0.25, 0.3) is 0 Å². The Morgan fingerprint density at radius 1 is 1.20 bits per heavy atom. The summed E-state index contributed by atoms with van der Waals surface area (Å²) < 4.78 is 5.35. The first-order chi connectivity index (χ1) is 7.40. The van der Waals surface area contributed by atoms with Crippen molar-refractivity contribution in [1.29, 1.82) is 0 Å². The van der Waals surface area contributed by atoms with E-state index in [-0.39, 0.29) is 6.61 Å². The van der Waals surface area contributed by atoms with E-state index < -0.39 is 0 Å². The third kappa shape index (κ3) is 2.44. The maximum Gasteiger partial charge on any atom is 0.226 e. The topological polar surface area (TPSA) is 46.3 Å². The first-order valence-corrected chi connectivity index (χ1v) is 5.01. The number of hydrogen-bond acceptors (Lipinski definition) is 3. The van der Waals surface area contributed by atoms with E-state index in [2.05, 4.69) is 4.98 Å². The van der Waals surface area contributed by atoms with E-state index in [0.717, 1.165) is 24.1 Å². The summed E-state index contributed by atoms with van der Waals surface area (Å²) in [5, 5.41) is 8.69. The fraction of sp³-hybridized carbons (Fsp3) is 0.250. The van der Waals surface area contributed by atoms with Crippen molar-refractivity contribution < 1.29 is 9.52 Å². The van der Waals surface area contributed by atoms with Gasteiger partial charge in [0.15, 0.2) is 0 Å². The average molecular weight is 203 g/mol. The lowest BCUT2D eigenvalue weighted by Crippen LogP contribution is -1.89. The Hall–Kier alpha value is -1.61. The Morgan fingerprint density at radius 3 is 2.73 bits per heavy atom. The number of aliphatic hydroxyl groups is 1. The Balaban J connectivity index is 2.14. The molecule has 0 saturated heterocycles. The molecule has 0 amide bonds. The van der Waals surface area contributed by atoms with Gasteiger partial charge in [-0.05, 0) is 25.0 Å². The van der Waals surface area contributed by atoms with Gasteiger partial charge in [0.05, 0.1) is 5.69 Å². The molecule has 1 N–H and O–H groups in total. The van der Waals surface area contributed by atoms with Gasteiger partial charge >= 0.3 is 0 Å². The van der Waals surface area contributed by atoms with Crippen molar-refractivity contribution in [2.75, 3.05) is 6.61 Å². The fourth-order valence-corrected chi connectivity index (χ4v) is 1.40. The van der Waals surface area contributed by atoms with Gasteiger partial charge in [0.2, 0.25) is 5.89 Å². The fourth-order valence-electron chi connectivity index (χ4n) is 1.40. The lowest BCUT2D eigenvalue weighted by Gasteiger charge is -1.92. The minimum Gasteiger partial charge on any atom is -0.444 e. The van der Waals surface area contributed by atoms with E-state index >= 15 is 0 Å². The molecule has 78 valence electrons. The van der Waals surface area contributed by atoms with Crippen molar-refractivity contribution in [3.05, 3.63) is 42.3 Å². The molecule has 0 unspecified atom stereocenters. The molecule has 15 heavy (non-hydrogen) atoms. The predicted molar refractivity (Wildman–Crippen MR) is 57.3 cm³/mol. The standard InChI is InChI=1S/C12H13NO2/c14-8-4-7-11-9-15-12(13-11)10-5-2-1-3-6-10/h1-3,5-6,9,14H,4,7-8H2. The number of aromatic nitrogens is 1. The van der Waals surface area contributed by atoms with Crippen LogP contribution in [0.3, 0.4) is 0 Å². The van der Waals surface area contributed by atoms with Gasteiger partial charge in [-0.15, -0.1) is 0 Å². The molecule has 2 aromatic rings. The Labute approximate surface area is 88.4 Å². The van der Waals surface area contributed by atoms with Gasteiger partial charge in [-0.1, -0.05) is 18.2 Å². The zero-order valence-electron chi connectivity index (χ0n) is 8.39. The molecule has 1 aromatic carbocycles. The van der Waals surface area contributed by atoms with E-state index in [1.165, 1.54) is 0 Å². The number of rotatable bonds is 4. The second-order valence-electron chi connectivity index (χ2n) is 3.34. The molecule has 0 bridgehead atoms. The number of hydrogen-bond donors (Lipinski definition) is 1. The van der Waals surface area contributed by atoms with Crippen LogP contribution in [0.15, 0.2) is 41.0 Å². The quantitative estimate of drug-likeness (QED) is 0.829. The highest BCUT2D eigenvalue weighted by Gasteiger charge is 2.05. The summed E-state index contributed by atoms with van der Waals surface area (Å²) >= 11 is 0. The number of aryl methyl sites for hydroxylation is 1. The number of aliphatic hydroxyl groups excluding tert-OH is 1. The molecule has 0 saturated carbocycles. The van der Waals surface area contributed by atoms with Gasteiger partial charge in [0.1, 0.15) is 6.26 Å². The molecule has 1 heterocycles.